The summed E-state index contributed by atoms with van der Waals surface area (Å²) in [5.41, 5.74) is 2.91. The minimum absolute atomic E-state index is 0.0538. The molecule has 1 aliphatic carbocycles. The van der Waals surface area contributed by atoms with E-state index in [-0.39, 0.29) is 42.5 Å². The number of benzene rings is 3. The largest absolute Gasteiger partial charge is 0.497 e. The standard InChI is InChI=1S/C31H30ClF3N2O4/c1-39-23-8-10-27(33)20(16-23)18-37(21-4-5-21)31(38)25-17-36-13-12-24(25)19-2-6-22(7-3-19)40-14-15-41-30-28(34)11-9-26(32)29(30)35/h2-3,6-11,16,21,36H,4-5,12-15,17-18H2,1H3. The minimum Gasteiger partial charge on any atom is -0.497 e. The minimum atomic E-state index is -0.953. The Kier molecular flexibility index (Phi) is 9.05. The zero-order valence-corrected chi connectivity index (χ0v) is 23.3. The molecule has 3 aromatic rings. The zero-order chi connectivity index (χ0) is 28.9. The molecule has 5 rings (SSSR count). The van der Waals surface area contributed by atoms with Crippen LogP contribution in [0.2, 0.25) is 5.02 Å². The molecule has 3 aromatic carbocycles. The number of hydrogen-bond donors (Lipinski definition) is 1. The van der Waals surface area contributed by atoms with Gasteiger partial charge >= 0.3 is 0 Å². The Morgan fingerprint density at radius 1 is 0.976 bits per heavy atom. The normalized spacial score (nSPS) is 15.0. The molecule has 216 valence electrons. The zero-order valence-electron chi connectivity index (χ0n) is 22.5. The van der Waals surface area contributed by atoms with Crippen molar-refractivity contribution in [1.82, 2.24) is 10.2 Å². The van der Waals surface area contributed by atoms with Gasteiger partial charge in [-0.1, -0.05) is 23.7 Å². The fourth-order valence-corrected chi connectivity index (χ4v) is 4.96. The van der Waals surface area contributed by atoms with Gasteiger partial charge in [0.05, 0.1) is 12.1 Å². The van der Waals surface area contributed by atoms with Crippen molar-refractivity contribution in [3.8, 4) is 17.2 Å². The topological polar surface area (TPSA) is 60.0 Å². The molecule has 0 atom stereocenters. The Morgan fingerprint density at radius 2 is 1.68 bits per heavy atom. The van der Waals surface area contributed by atoms with Gasteiger partial charge in [0.2, 0.25) is 0 Å². The van der Waals surface area contributed by atoms with E-state index in [1.54, 1.807) is 29.2 Å². The fourth-order valence-electron chi connectivity index (χ4n) is 4.81. The summed E-state index contributed by atoms with van der Waals surface area (Å²) in [6.45, 7) is 1.28. The van der Waals surface area contributed by atoms with Crippen LogP contribution in [0.25, 0.3) is 5.57 Å². The summed E-state index contributed by atoms with van der Waals surface area (Å²) < 4.78 is 58.5. The monoisotopic (exact) mass is 586 g/mol. The molecule has 6 nitrogen and oxygen atoms in total. The van der Waals surface area contributed by atoms with E-state index in [1.165, 1.54) is 13.2 Å². The number of nitrogens with one attached hydrogen (secondary N) is 1. The molecule has 1 heterocycles. The number of carbonyl (C=O) groups is 1. The highest BCUT2D eigenvalue weighted by molar-refractivity contribution is 6.30. The van der Waals surface area contributed by atoms with Gasteiger partial charge in [-0.2, -0.15) is 0 Å². The second-order valence-corrected chi connectivity index (χ2v) is 10.3. The van der Waals surface area contributed by atoms with Gasteiger partial charge < -0.3 is 24.4 Å². The highest BCUT2D eigenvalue weighted by Crippen LogP contribution is 2.34. The molecule has 0 saturated heterocycles. The van der Waals surface area contributed by atoms with Crippen LogP contribution in [0.5, 0.6) is 17.2 Å². The average molecular weight is 587 g/mol. The molecule has 1 fully saturated rings. The maximum atomic E-state index is 14.6. The third-order valence-corrected chi connectivity index (χ3v) is 7.41. The summed E-state index contributed by atoms with van der Waals surface area (Å²) in [4.78, 5) is 15.6. The van der Waals surface area contributed by atoms with Crippen LogP contribution in [-0.2, 0) is 11.3 Å². The summed E-state index contributed by atoms with van der Waals surface area (Å²) in [7, 11) is 1.53. The van der Waals surface area contributed by atoms with E-state index in [1.807, 2.05) is 12.1 Å². The molecular formula is C31H30ClF3N2O4. The molecule has 0 bridgehead atoms. The summed E-state index contributed by atoms with van der Waals surface area (Å²) in [6, 6.07) is 14.1. The number of nitrogens with zero attached hydrogens (tertiary/aromatic N) is 1. The van der Waals surface area contributed by atoms with Gasteiger partial charge in [-0.05, 0) is 79.4 Å². The quantitative estimate of drug-likeness (QED) is 0.215. The van der Waals surface area contributed by atoms with Crippen molar-refractivity contribution in [2.75, 3.05) is 33.4 Å². The Bertz CT molecular complexity index is 1440. The molecule has 1 aliphatic heterocycles. The van der Waals surface area contributed by atoms with E-state index < -0.39 is 17.4 Å². The van der Waals surface area contributed by atoms with E-state index in [9.17, 15) is 18.0 Å². The Balaban J connectivity index is 1.27. The fraction of sp³-hybridized carbons (Fsp3) is 0.323. The molecule has 0 unspecified atom stereocenters. The lowest BCUT2D eigenvalue weighted by Crippen LogP contribution is -2.39. The summed E-state index contributed by atoms with van der Waals surface area (Å²) in [5, 5.41) is 3.07. The number of amides is 1. The molecule has 0 aromatic heterocycles. The summed E-state index contributed by atoms with van der Waals surface area (Å²) in [5.74, 6) is -1.72. The molecule has 1 N–H and O–H groups in total. The van der Waals surface area contributed by atoms with Gasteiger partial charge in [-0.15, -0.1) is 0 Å². The predicted molar refractivity (Wildman–Crippen MR) is 150 cm³/mol. The molecule has 1 amide bonds. The van der Waals surface area contributed by atoms with Gasteiger partial charge in [0.25, 0.3) is 5.91 Å². The highest BCUT2D eigenvalue weighted by Gasteiger charge is 2.36. The number of halogens is 4. The second-order valence-electron chi connectivity index (χ2n) is 9.90. The molecule has 2 aliphatic rings. The lowest BCUT2D eigenvalue weighted by molar-refractivity contribution is -0.128. The van der Waals surface area contributed by atoms with Crippen molar-refractivity contribution in [1.29, 1.82) is 0 Å². The first-order valence-electron chi connectivity index (χ1n) is 13.4. The van der Waals surface area contributed by atoms with Crippen LogP contribution in [-0.4, -0.2) is 50.3 Å². The van der Waals surface area contributed by atoms with Crippen LogP contribution in [0.3, 0.4) is 0 Å². The van der Waals surface area contributed by atoms with E-state index in [0.717, 1.165) is 42.7 Å². The van der Waals surface area contributed by atoms with Crippen LogP contribution in [0, 0.1) is 17.5 Å². The van der Waals surface area contributed by atoms with Crippen molar-refractivity contribution in [2.45, 2.75) is 31.8 Å². The molecule has 1 saturated carbocycles. The van der Waals surface area contributed by atoms with Gasteiger partial charge in [0.1, 0.15) is 30.5 Å². The number of hydrogen-bond acceptors (Lipinski definition) is 5. The molecule has 0 spiro atoms. The number of methoxy groups -OCH3 is 1. The lowest BCUT2D eigenvalue weighted by Gasteiger charge is -2.28. The van der Waals surface area contributed by atoms with Gasteiger partial charge in [-0.3, -0.25) is 4.79 Å². The smallest absolute Gasteiger partial charge is 0.251 e. The van der Waals surface area contributed by atoms with E-state index in [2.05, 4.69) is 5.32 Å². The molecule has 0 radical (unpaired) electrons. The Labute approximate surface area is 241 Å². The maximum Gasteiger partial charge on any atom is 0.251 e. The van der Waals surface area contributed by atoms with Crippen LogP contribution < -0.4 is 19.5 Å². The van der Waals surface area contributed by atoms with Gasteiger partial charge in [-0.25, -0.2) is 13.2 Å². The first-order valence-corrected chi connectivity index (χ1v) is 13.8. The SMILES string of the molecule is COc1ccc(F)c(CN(C(=O)C2=C(c3ccc(OCCOc4c(F)ccc(Cl)c4F)cc3)CCNC2)C2CC2)c1. The first kappa shape index (κ1) is 28.8. The van der Waals surface area contributed by atoms with Crippen molar-refractivity contribution in [2.24, 2.45) is 0 Å². The van der Waals surface area contributed by atoms with Crippen molar-refractivity contribution in [3.63, 3.8) is 0 Å². The second kappa shape index (κ2) is 12.9. The Hall–Kier alpha value is -3.69. The summed E-state index contributed by atoms with van der Waals surface area (Å²) in [6.07, 6.45) is 2.44. The van der Waals surface area contributed by atoms with Crippen LogP contribution in [0.4, 0.5) is 13.2 Å². The van der Waals surface area contributed by atoms with Gasteiger partial charge in [0.15, 0.2) is 17.4 Å². The number of ether oxygens (including phenoxy) is 3. The molecule has 41 heavy (non-hydrogen) atoms. The van der Waals surface area contributed by atoms with Crippen molar-refractivity contribution >= 4 is 23.1 Å². The predicted octanol–water partition coefficient (Wildman–Crippen LogP) is 6.16. The van der Waals surface area contributed by atoms with Crippen LogP contribution in [0.15, 0.2) is 60.2 Å². The van der Waals surface area contributed by atoms with E-state index in [4.69, 9.17) is 25.8 Å². The van der Waals surface area contributed by atoms with Gasteiger partial charge in [0, 0.05) is 30.3 Å². The van der Waals surface area contributed by atoms with Crippen LogP contribution >= 0.6 is 11.6 Å². The number of carbonyl (C=O) groups excluding carboxylic acids is 1. The van der Waals surface area contributed by atoms with Crippen molar-refractivity contribution in [3.05, 3.63) is 93.8 Å². The maximum absolute atomic E-state index is 14.6. The summed E-state index contributed by atoms with van der Waals surface area (Å²) >= 11 is 5.69. The highest BCUT2D eigenvalue weighted by atomic mass is 35.5. The average Bonchev–Trinajstić information content (AvgIpc) is 3.84. The molecule has 10 heteroatoms. The van der Waals surface area contributed by atoms with E-state index >= 15 is 0 Å². The third-order valence-electron chi connectivity index (χ3n) is 7.12. The van der Waals surface area contributed by atoms with Crippen LogP contribution in [0.1, 0.15) is 30.4 Å². The van der Waals surface area contributed by atoms with Crippen molar-refractivity contribution < 1.29 is 32.2 Å². The first-order chi connectivity index (χ1) is 19.9. The third kappa shape index (κ3) is 6.80. The number of rotatable bonds is 11. The van der Waals surface area contributed by atoms with E-state index in [0.29, 0.717) is 35.6 Å². The Morgan fingerprint density at radius 3 is 2.41 bits per heavy atom. The lowest BCUT2D eigenvalue weighted by atomic mass is 9.93. The molecular weight excluding hydrogens is 557 g/mol.